The summed E-state index contributed by atoms with van der Waals surface area (Å²) in [5.41, 5.74) is 8.42. The standard InChI is InChI=1S/C13H18ClNO/c1-4-5-6-13(16-3)10-7-11(14)9(2)12(15)8-10/h6-8H,4-5,15H2,1-3H3/b13-6+. The lowest BCUT2D eigenvalue weighted by Gasteiger charge is -2.10. The van der Waals surface area contributed by atoms with Crippen molar-refractivity contribution in [3.05, 3.63) is 34.4 Å². The first-order valence-corrected chi connectivity index (χ1v) is 5.78. The number of methoxy groups -OCH3 is 1. The number of halogens is 1. The summed E-state index contributed by atoms with van der Waals surface area (Å²) in [5.74, 6) is 0.829. The zero-order valence-corrected chi connectivity index (χ0v) is 10.8. The number of anilines is 1. The van der Waals surface area contributed by atoms with Crippen molar-refractivity contribution in [3.8, 4) is 0 Å². The normalized spacial score (nSPS) is 11.6. The van der Waals surface area contributed by atoms with E-state index in [2.05, 4.69) is 13.0 Å². The van der Waals surface area contributed by atoms with Crippen molar-refractivity contribution < 1.29 is 4.74 Å². The van der Waals surface area contributed by atoms with Gasteiger partial charge in [0.2, 0.25) is 0 Å². The number of hydrogen-bond acceptors (Lipinski definition) is 2. The highest BCUT2D eigenvalue weighted by atomic mass is 35.5. The Morgan fingerprint density at radius 1 is 1.50 bits per heavy atom. The molecule has 2 N–H and O–H groups in total. The molecule has 0 amide bonds. The van der Waals surface area contributed by atoms with Gasteiger partial charge in [-0.1, -0.05) is 24.9 Å². The average molecular weight is 240 g/mol. The van der Waals surface area contributed by atoms with Gasteiger partial charge in [0.05, 0.1) is 7.11 Å². The molecule has 0 fully saturated rings. The fourth-order valence-corrected chi connectivity index (χ4v) is 1.66. The first-order chi connectivity index (χ1) is 7.60. The minimum atomic E-state index is 0.675. The van der Waals surface area contributed by atoms with E-state index in [9.17, 15) is 0 Å². The van der Waals surface area contributed by atoms with Crippen LogP contribution in [0.25, 0.3) is 5.76 Å². The summed E-state index contributed by atoms with van der Waals surface area (Å²) in [5, 5.41) is 0.675. The maximum Gasteiger partial charge on any atom is 0.122 e. The molecule has 0 aliphatic heterocycles. The molecule has 1 rings (SSSR count). The molecule has 0 heterocycles. The van der Waals surface area contributed by atoms with Crippen LogP contribution in [-0.4, -0.2) is 7.11 Å². The van der Waals surface area contributed by atoms with Crippen molar-refractivity contribution in [3.63, 3.8) is 0 Å². The van der Waals surface area contributed by atoms with E-state index in [4.69, 9.17) is 22.1 Å². The Morgan fingerprint density at radius 2 is 2.19 bits per heavy atom. The second kappa shape index (κ2) is 5.80. The first-order valence-electron chi connectivity index (χ1n) is 5.40. The molecule has 0 aliphatic rings. The van der Waals surface area contributed by atoms with Crippen LogP contribution >= 0.6 is 11.6 Å². The molecule has 16 heavy (non-hydrogen) atoms. The van der Waals surface area contributed by atoms with Gasteiger partial charge in [0.15, 0.2) is 0 Å². The van der Waals surface area contributed by atoms with Gasteiger partial charge in [-0.15, -0.1) is 0 Å². The zero-order chi connectivity index (χ0) is 12.1. The van der Waals surface area contributed by atoms with E-state index in [0.29, 0.717) is 10.7 Å². The quantitative estimate of drug-likeness (QED) is 0.636. The molecule has 0 radical (unpaired) electrons. The highest BCUT2D eigenvalue weighted by Crippen LogP contribution is 2.27. The third kappa shape index (κ3) is 2.92. The summed E-state index contributed by atoms with van der Waals surface area (Å²) in [4.78, 5) is 0. The molecule has 0 saturated carbocycles. The smallest absolute Gasteiger partial charge is 0.122 e. The van der Waals surface area contributed by atoms with Gasteiger partial charge in [-0.2, -0.15) is 0 Å². The van der Waals surface area contributed by atoms with Crippen molar-refractivity contribution >= 4 is 23.0 Å². The Balaban J connectivity index is 3.11. The van der Waals surface area contributed by atoms with E-state index in [1.807, 2.05) is 19.1 Å². The summed E-state index contributed by atoms with van der Waals surface area (Å²) in [6.07, 6.45) is 4.12. The molecule has 88 valence electrons. The predicted molar refractivity (Wildman–Crippen MR) is 70.5 cm³/mol. The number of benzene rings is 1. The minimum absolute atomic E-state index is 0.675. The lowest BCUT2D eigenvalue weighted by molar-refractivity contribution is 0.368. The molecule has 0 aliphatic carbocycles. The first kappa shape index (κ1) is 12.9. The van der Waals surface area contributed by atoms with Gasteiger partial charge < -0.3 is 10.5 Å². The van der Waals surface area contributed by atoms with Crippen molar-refractivity contribution in [2.45, 2.75) is 26.7 Å². The van der Waals surface area contributed by atoms with Crippen LogP contribution in [0, 0.1) is 6.92 Å². The van der Waals surface area contributed by atoms with Crippen molar-refractivity contribution in [1.82, 2.24) is 0 Å². The van der Waals surface area contributed by atoms with E-state index < -0.39 is 0 Å². The highest BCUT2D eigenvalue weighted by molar-refractivity contribution is 6.31. The monoisotopic (exact) mass is 239 g/mol. The predicted octanol–water partition coefficient (Wildman–Crippen LogP) is 4.02. The molecule has 0 bridgehead atoms. The van der Waals surface area contributed by atoms with Crippen LogP contribution in [0.15, 0.2) is 18.2 Å². The van der Waals surface area contributed by atoms with E-state index in [0.717, 1.165) is 29.7 Å². The number of allylic oxidation sites excluding steroid dienone is 1. The molecule has 3 heteroatoms. The van der Waals surface area contributed by atoms with E-state index in [1.54, 1.807) is 7.11 Å². The Morgan fingerprint density at radius 3 is 2.69 bits per heavy atom. The summed E-state index contributed by atoms with van der Waals surface area (Å²) < 4.78 is 5.34. The summed E-state index contributed by atoms with van der Waals surface area (Å²) in [6, 6.07) is 3.78. The lowest BCUT2D eigenvalue weighted by Crippen LogP contribution is -1.95. The maximum absolute atomic E-state index is 6.09. The van der Waals surface area contributed by atoms with Gasteiger partial charge in [0.25, 0.3) is 0 Å². The van der Waals surface area contributed by atoms with E-state index in [-0.39, 0.29) is 0 Å². The highest BCUT2D eigenvalue weighted by Gasteiger charge is 2.07. The Labute approximate surface area is 102 Å². The number of unbranched alkanes of at least 4 members (excludes halogenated alkanes) is 1. The zero-order valence-electron chi connectivity index (χ0n) is 10.0. The molecule has 1 aromatic carbocycles. The topological polar surface area (TPSA) is 35.2 Å². The lowest BCUT2D eigenvalue weighted by atomic mass is 10.1. The molecule has 0 atom stereocenters. The Bertz CT molecular complexity index is 376. The Hall–Kier alpha value is -1.15. The molecule has 0 unspecified atom stereocenters. The molecule has 0 saturated heterocycles. The minimum Gasteiger partial charge on any atom is -0.496 e. The van der Waals surface area contributed by atoms with Gasteiger partial charge in [-0.3, -0.25) is 0 Å². The van der Waals surface area contributed by atoms with Crippen LogP contribution in [0.4, 0.5) is 5.69 Å². The van der Waals surface area contributed by atoms with Crippen LogP contribution in [0.3, 0.4) is 0 Å². The molecule has 0 aromatic heterocycles. The van der Waals surface area contributed by atoms with Crippen molar-refractivity contribution in [1.29, 1.82) is 0 Å². The second-order valence-electron chi connectivity index (χ2n) is 3.73. The van der Waals surface area contributed by atoms with Gasteiger partial charge in [-0.05, 0) is 37.1 Å². The van der Waals surface area contributed by atoms with Crippen LogP contribution < -0.4 is 5.73 Å². The largest absolute Gasteiger partial charge is 0.496 e. The number of ether oxygens (including phenoxy) is 1. The Kier molecular flexibility index (Phi) is 4.69. The van der Waals surface area contributed by atoms with Crippen LogP contribution in [0.5, 0.6) is 0 Å². The average Bonchev–Trinajstić information content (AvgIpc) is 2.26. The van der Waals surface area contributed by atoms with E-state index in [1.165, 1.54) is 0 Å². The van der Waals surface area contributed by atoms with Crippen molar-refractivity contribution in [2.75, 3.05) is 12.8 Å². The fourth-order valence-electron chi connectivity index (χ4n) is 1.44. The number of nitrogens with two attached hydrogens (primary N) is 1. The van der Waals surface area contributed by atoms with Gasteiger partial charge in [0.1, 0.15) is 5.76 Å². The third-order valence-corrected chi connectivity index (χ3v) is 2.90. The van der Waals surface area contributed by atoms with Crippen LogP contribution in [0.2, 0.25) is 5.02 Å². The van der Waals surface area contributed by atoms with Gasteiger partial charge >= 0.3 is 0 Å². The van der Waals surface area contributed by atoms with Crippen molar-refractivity contribution in [2.24, 2.45) is 0 Å². The molecular formula is C13H18ClNO. The summed E-state index contributed by atoms with van der Waals surface area (Å²) in [6.45, 7) is 4.03. The van der Waals surface area contributed by atoms with E-state index >= 15 is 0 Å². The fraction of sp³-hybridized carbons (Fsp3) is 0.385. The number of hydrogen-bond donors (Lipinski definition) is 1. The second-order valence-corrected chi connectivity index (χ2v) is 4.14. The number of rotatable bonds is 4. The molecule has 1 aromatic rings. The van der Waals surface area contributed by atoms with Crippen LogP contribution in [0.1, 0.15) is 30.9 Å². The molecule has 2 nitrogen and oxygen atoms in total. The summed E-state index contributed by atoms with van der Waals surface area (Å²) >= 11 is 6.09. The third-order valence-electron chi connectivity index (χ3n) is 2.51. The SMILES string of the molecule is CCC/C=C(/OC)c1cc(N)c(C)c(Cl)c1. The molecular weight excluding hydrogens is 222 g/mol. The summed E-state index contributed by atoms with van der Waals surface area (Å²) in [7, 11) is 1.66. The van der Waals surface area contributed by atoms with Crippen LogP contribution in [-0.2, 0) is 4.74 Å². The number of nitrogen functional groups attached to an aromatic ring is 1. The maximum atomic E-state index is 6.09. The van der Waals surface area contributed by atoms with Gasteiger partial charge in [0, 0.05) is 16.3 Å². The molecule has 0 spiro atoms. The van der Waals surface area contributed by atoms with Gasteiger partial charge in [-0.25, -0.2) is 0 Å².